The zero-order valence-electron chi connectivity index (χ0n) is 20.9. The Morgan fingerprint density at radius 2 is 1.78 bits per heavy atom. The quantitative estimate of drug-likeness (QED) is 0.318. The SMILES string of the molecule is COc1cccc(OC)c1-c1cc(C(=O)N[C@H](CC(C)C)C(=O)O)nn1-c1ccnc2cc(Cl)ccc12. The lowest BCUT2D eigenvalue weighted by atomic mass is 10.0. The van der Waals surface area contributed by atoms with Crippen molar-refractivity contribution in [3.05, 3.63) is 65.4 Å². The summed E-state index contributed by atoms with van der Waals surface area (Å²) in [5.41, 5.74) is 2.41. The van der Waals surface area contributed by atoms with Gasteiger partial charge in [-0.15, -0.1) is 0 Å². The molecular formula is C27H27ClN4O5. The molecule has 0 radical (unpaired) electrons. The van der Waals surface area contributed by atoms with E-state index in [9.17, 15) is 14.7 Å². The normalized spacial score (nSPS) is 11.9. The van der Waals surface area contributed by atoms with Gasteiger partial charge < -0.3 is 19.9 Å². The van der Waals surface area contributed by atoms with Crippen LogP contribution >= 0.6 is 11.6 Å². The Bertz CT molecular complexity index is 1440. The van der Waals surface area contributed by atoms with Crippen molar-refractivity contribution in [3.8, 4) is 28.4 Å². The van der Waals surface area contributed by atoms with E-state index in [1.54, 1.807) is 67.6 Å². The maximum Gasteiger partial charge on any atom is 0.326 e. The van der Waals surface area contributed by atoms with Crippen LogP contribution in [0.4, 0.5) is 0 Å². The first-order valence-electron chi connectivity index (χ1n) is 11.6. The number of aromatic nitrogens is 3. The Morgan fingerprint density at radius 1 is 1.08 bits per heavy atom. The van der Waals surface area contributed by atoms with E-state index in [0.29, 0.717) is 39.0 Å². The number of hydrogen-bond acceptors (Lipinski definition) is 6. The number of ether oxygens (including phenoxy) is 2. The first-order chi connectivity index (χ1) is 17.7. The standard InChI is InChI=1S/C27H27ClN4O5/c1-15(2)12-20(27(34)35)30-26(33)19-14-22(25-23(36-3)6-5-7-24(25)37-4)32(31-19)21-10-11-29-18-13-16(28)8-9-17(18)21/h5-11,13-15,20H,12H2,1-4H3,(H,30,33)(H,34,35)/t20-/m1/s1. The molecule has 2 N–H and O–H groups in total. The lowest BCUT2D eigenvalue weighted by Crippen LogP contribution is -2.41. The van der Waals surface area contributed by atoms with Crippen molar-refractivity contribution in [2.45, 2.75) is 26.3 Å². The van der Waals surface area contributed by atoms with Crippen LogP contribution in [0.2, 0.25) is 5.02 Å². The second kappa shape index (κ2) is 10.9. The minimum absolute atomic E-state index is 0.0388. The maximum absolute atomic E-state index is 13.2. The van der Waals surface area contributed by atoms with Crippen LogP contribution in [0.5, 0.6) is 11.5 Å². The first kappa shape index (κ1) is 26.0. The highest BCUT2D eigenvalue weighted by molar-refractivity contribution is 6.31. The number of methoxy groups -OCH3 is 2. The third-order valence-corrected chi connectivity index (χ3v) is 6.08. The Labute approximate surface area is 219 Å². The van der Waals surface area contributed by atoms with Gasteiger partial charge in [0.1, 0.15) is 17.5 Å². The lowest BCUT2D eigenvalue weighted by Gasteiger charge is -2.15. The molecule has 10 heteroatoms. The molecule has 1 amide bonds. The third kappa shape index (κ3) is 5.36. The molecule has 0 bridgehead atoms. The summed E-state index contributed by atoms with van der Waals surface area (Å²) in [6.07, 6.45) is 1.91. The zero-order chi connectivity index (χ0) is 26.7. The average molecular weight is 523 g/mol. The Balaban J connectivity index is 1.93. The van der Waals surface area contributed by atoms with E-state index in [1.165, 1.54) is 0 Å². The van der Waals surface area contributed by atoms with Crippen LogP contribution in [0.25, 0.3) is 27.8 Å². The third-order valence-electron chi connectivity index (χ3n) is 5.85. The van der Waals surface area contributed by atoms with Gasteiger partial charge in [-0.25, -0.2) is 9.48 Å². The lowest BCUT2D eigenvalue weighted by molar-refractivity contribution is -0.139. The van der Waals surface area contributed by atoms with Crippen LogP contribution in [0.15, 0.2) is 54.7 Å². The highest BCUT2D eigenvalue weighted by Gasteiger charge is 2.26. The molecule has 0 saturated heterocycles. The van der Waals surface area contributed by atoms with Gasteiger partial charge in [0.05, 0.1) is 36.7 Å². The molecule has 9 nitrogen and oxygen atoms in total. The number of carbonyl (C=O) groups excluding carboxylic acids is 1. The molecule has 0 aliphatic rings. The maximum atomic E-state index is 13.2. The summed E-state index contributed by atoms with van der Waals surface area (Å²) in [4.78, 5) is 29.4. The van der Waals surface area contributed by atoms with E-state index >= 15 is 0 Å². The fourth-order valence-corrected chi connectivity index (χ4v) is 4.34. The monoisotopic (exact) mass is 522 g/mol. The van der Waals surface area contributed by atoms with Gasteiger partial charge in [0.2, 0.25) is 0 Å². The van der Waals surface area contributed by atoms with Crippen molar-refractivity contribution in [1.29, 1.82) is 0 Å². The van der Waals surface area contributed by atoms with Crippen molar-refractivity contribution in [1.82, 2.24) is 20.1 Å². The highest BCUT2D eigenvalue weighted by Crippen LogP contribution is 2.40. The van der Waals surface area contributed by atoms with Gasteiger partial charge in [0, 0.05) is 16.6 Å². The molecule has 0 saturated carbocycles. The molecule has 192 valence electrons. The van der Waals surface area contributed by atoms with E-state index in [-0.39, 0.29) is 18.0 Å². The Kier molecular flexibility index (Phi) is 7.63. The number of amides is 1. The number of benzene rings is 2. The molecule has 0 fully saturated rings. The van der Waals surface area contributed by atoms with E-state index in [2.05, 4.69) is 15.4 Å². The molecule has 1 atom stereocenters. The molecule has 4 aromatic rings. The van der Waals surface area contributed by atoms with Crippen molar-refractivity contribution >= 4 is 34.4 Å². The van der Waals surface area contributed by atoms with Gasteiger partial charge in [-0.2, -0.15) is 5.10 Å². The Hall–Kier alpha value is -4.11. The molecule has 2 heterocycles. The minimum atomic E-state index is -1.11. The van der Waals surface area contributed by atoms with Gasteiger partial charge >= 0.3 is 5.97 Å². The largest absolute Gasteiger partial charge is 0.496 e. The van der Waals surface area contributed by atoms with Crippen molar-refractivity contribution in [3.63, 3.8) is 0 Å². The highest BCUT2D eigenvalue weighted by atomic mass is 35.5. The van der Waals surface area contributed by atoms with Crippen LogP contribution in [0.3, 0.4) is 0 Å². The van der Waals surface area contributed by atoms with Crippen LogP contribution in [-0.4, -0.2) is 52.0 Å². The average Bonchev–Trinajstić information content (AvgIpc) is 3.31. The van der Waals surface area contributed by atoms with Crippen molar-refractivity contribution in [2.24, 2.45) is 5.92 Å². The van der Waals surface area contributed by atoms with E-state index in [4.69, 9.17) is 21.1 Å². The summed E-state index contributed by atoms with van der Waals surface area (Å²) in [6.45, 7) is 3.79. The molecule has 0 aliphatic heterocycles. The molecule has 2 aromatic heterocycles. The molecule has 4 rings (SSSR count). The molecule has 2 aromatic carbocycles. The number of nitrogens with zero attached hydrogens (tertiary/aromatic N) is 3. The Morgan fingerprint density at radius 3 is 2.41 bits per heavy atom. The van der Waals surface area contributed by atoms with Gasteiger partial charge in [0.15, 0.2) is 5.69 Å². The summed E-state index contributed by atoms with van der Waals surface area (Å²) >= 11 is 6.18. The number of carboxylic acid groups (broad SMARTS) is 1. The first-order valence-corrected chi connectivity index (χ1v) is 12.0. The van der Waals surface area contributed by atoms with Crippen LogP contribution < -0.4 is 14.8 Å². The molecule has 0 unspecified atom stereocenters. The zero-order valence-corrected chi connectivity index (χ0v) is 21.6. The molecular weight excluding hydrogens is 496 g/mol. The second-order valence-corrected chi connectivity index (χ2v) is 9.29. The number of fused-ring (bicyclic) bond motifs is 1. The number of carboxylic acids is 1. The fraction of sp³-hybridized carbons (Fsp3) is 0.259. The number of rotatable bonds is 9. The number of nitrogens with one attached hydrogen (secondary N) is 1. The molecule has 0 aliphatic carbocycles. The van der Waals surface area contributed by atoms with E-state index < -0.39 is 17.9 Å². The predicted octanol–water partition coefficient (Wildman–Crippen LogP) is 4.99. The number of hydrogen-bond donors (Lipinski definition) is 2. The number of aliphatic carboxylic acids is 1. The van der Waals surface area contributed by atoms with Crippen LogP contribution in [-0.2, 0) is 4.79 Å². The number of halogens is 1. The number of carbonyl (C=O) groups is 2. The minimum Gasteiger partial charge on any atom is -0.496 e. The van der Waals surface area contributed by atoms with Crippen molar-refractivity contribution < 1.29 is 24.2 Å². The fourth-order valence-electron chi connectivity index (χ4n) is 4.17. The van der Waals surface area contributed by atoms with E-state index in [0.717, 1.165) is 5.39 Å². The van der Waals surface area contributed by atoms with Gasteiger partial charge in [-0.3, -0.25) is 9.78 Å². The van der Waals surface area contributed by atoms with Gasteiger partial charge in [-0.1, -0.05) is 31.5 Å². The topological polar surface area (TPSA) is 116 Å². The second-order valence-electron chi connectivity index (χ2n) is 8.85. The summed E-state index contributed by atoms with van der Waals surface area (Å²) in [5.74, 6) is -0.620. The molecule has 37 heavy (non-hydrogen) atoms. The van der Waals surface area contributed by atoms with E-state index in [1.807, 2.05) is 19.9 Å². The summed E-state index contributed by atoms with van der Waals surface area (Å²) in [5, 5.41) is 18.1. The molecule has 0 spiro atoms. The summed E-state index contributed by atoms with van der Waals surface area (Å²) < 4.78 is 12.8. The van der Waals surface area contributed by atoms with Gasteiger partial charge in [-0.05, 0) is 54.8 Å². The van der Waals surface area contributed by atoms with Crippen LogP contribution in [0, 0.1) is 5.92 Å². The summed E-state index contributed by atoms with van der Waals surface area (Å²) in [6, 6.07) is 13.0. The predicted molar refractivity (Wildman–Crippen MR) is 141 cm³/mol. The van der Waals surface area contributed by atoms with Gasteiger partial charge in [0.25, 0.3) is 5.91 Å². The number of pyridine rings is 1. The summed E-state index contributed by atoms with van der Waals surface area (Å²) in [7, 11) is 3.08. The van der Waals surface area contributed by atoms with Crippen LogP contribution in [0.1, 0.15) is 30.8 Å². The van der Waals surface area contributed by atoms with Crippen molar-refractivity contribution in [2.75, 3.05) is 14.2 Å². The smallest absolute Gasteiger partial charge is 0.326 e.